The summed E-state index contributed by atoms with van der Waals surface area (Å²) >= 11 is 0. The molecule has 8 nitrogen and oxygen atoms in total. The Hall–Kier alpha value is -2.25. The first-order chi connectivity index (χ1) is 13.9. The van der Waals surface area contributed by atoms with E-state index in [1.54, 1.807) is 6.20 Å². The van der Waals surface area contributed by atoms with E-state index < -0.39 is 5.60 Å². The molecule has 162 valence electrons. The predicted octanol–water partition coefficient (Wildman–Crippen LogP) is 2.57. The van der Waals surface area contributed by atoms with Crippen LogP contribution in [0.25, 0.3) is 0 Å². The number of aromatic nitrogens is 2. The molecule has 1 N–H and O–H groups in total. The first kappa shape index (κ1) is 21.5. The number of guanidine groups is 1. The summed E-state index contributed by atoms with van der Waals surface area (Å²) in [4.78, 5) is 25.6. The molecule has 0 bridgehead atoms. The van der Waals surface area contributed by atoms with Crippen LogP contribution in [0.2, 0.25) is 0 Å². The lowest BCUT2D eigenvalue weighted by molar-refractivity contribution is 0.00928. The molecule has 1 saturated carbocycles. The van der Waals surface area contributed by atoms with Gasteiger partial charge < -0.3 is 24.4 Å². The molecular formula is C21H36N6O2. The standard InChI is InChI=1S/C21H36N6O2/c1-21(2,3)29-20(28)27(15-17-5-6-17)18-7-11-26(12-8-18)19(22-4)24-10-14-25-13-9-23-16-25/h9,13,16-18H,5-8,10-12,14-15H2,1-4H3,(H,22,24). The summed E-state index contributed by atoms with van der Waals surface area (Å²) in [5, 5.41) is 3.44. The van der Waals surface area contributed by atoms with Crippen LogP contribution < -0.4 is 5.32 Å². The van der Waals surface area contributed by atoms with E-state index in [0.29, 0.717) is 5.92 Å². The lowest BCUT2D eigenvalue weighted by atomic mass is 10.0. The smallest absolute Gasteiger partial charge is 0.410 e. The van der Waals surface area contributed by atoms with Gasteiger partial charge >= 0.3 is 6.09 Å². The molecule has 0 spiro atoms. The van der Waals surface area contributed by atoms with Gasteiger partial charge in [-0.1, -0.05) is 0 Å². The Morgan fingerprint density at radius 1 is 1.28 bits per heavy atom. The predicted molar refractivity (Wildman–Crippen MR) is 114 cm³/mol. The molecule has 2 fully saturated rings. The van der Waals surface area contributed by atoms with Crippen molar-refractivity contribution in [3.05, 3.63) is 18.7 Å². The second-order valence-electron chi connectivity index (χ2n) is 9.07. The number of imidazole rings is 1. The Balaban J connectivity index is 1.50. The quantitative estimate of drug-likeness (QED) is 0.583. The Labute approximate surface area is 174 Å². The molecule has 1 aromatic rings. The maximum Gasteiger partial charge on any atom is 0.410 e. The minimum atomic E-state index is -0.458. The number of hydrogen-bond donors (Lipinski definition) is 1. The molecule has 8 heteroatoms. The van der Waals surface area contributed by atoms with E-state index in [0.717, 1.165) is 51.5 Å². The van der Waals surface area contributed by atoms with Gasteiger partial charge in [0.25, 0.3) is 0 Å². The largest absolute Gasteiger partial charge is 0.444 e. The number of carbonyl (C=O) groups excluding carboxylic acids is 1. The molecule has 0 unspecified atom stereocenters. The highest BCUT2D eigenvalue weighted by Crippen LogP contribution is 2.32. The van der Waals surface area contributed by atoms with Crippen LogP contribution in [0.15, 0.2) is 23.7 Å². The number of amides is 1. The minimum absolute atomic E-state index is 0.161. The molecular weight excluding hydrogens is 368 g/mol. The van der Waals surface area contributed by atoms with Crippen LogP contribution in [0.1, 0.15) is 46.5 Å². The van der Waals surface area contributed by atoms with Crippen molar-refractivity contribution < 1.29 is 9.53 Å². The molecule has 0 atom stereocenters. The number of aliphatic imine (C=N–C) groups is 1. The third kappa shape index (κ3) is 6.65. The lowest BCUT2D eigenvalue weighted by Gasteiger charge is -2.40. The van der Waals surface area contributed by atoms with Crippen molar-refractivity contribution in [2.24, 2.45) is 10.9 Å². The maximum atomic E-state index is 12.8. The van der Waals surface area contributed by atoms with Gasteiger partial charge in [0.05, 0.1) is 6.33 Å². The van der Waals surface area contributed by atoms with Crippen LogP contribution in [0.5, 0.6) is 0 Å². The fraction of sp³-hybridized carbons (Fsp3) is 0.762. The fourth-order valence-electron chi connectivity index (χ4n) is 3.71. The van der Waals surface area contributed by atoms with Crippen molar-refractivity contribution in [3.8, 4) is 0 Å². The van der Waals surface area contributed by atoms with Gasteiger partial charge in [-0.05, 0) is 52.4 Å². The van der Waals surface area contributed by atoms with Crippen molar-refractivity contribution in [2.75, 3.05) is 33.2 Å². The number of rotatable bonds is 6. The second-order valence-corrected chi connectivity index (χ2v) is 9.07. The molecule has 3 rings (SSSR count). The van der Waals surface area contributed by atoms with Gasteiger partial charge in [0.2, 0.25) is 0 Å². The highest BCUT2D eigenvalue weighted by atomic mass is 16.6. The van der Waals surface area contributed by atoms with Gasteiger partial charge in [0.1, 0.15) is 5.60 Å². The van der Waals surface area contributed by atoms with E-state index in [9.17, 15) is 4.79 Å². The summed E-state index contributed by atoms with van der Waals surface area (Å²) in [7, 11) is 1.83. The number of likely N-dealkylation sites (tertiary alicyclic amines) is 1. The van der Waals surface area contributed by atoms with Gasteiger partial charge in [-0.3, -0.25) is 4.99 Å². The van der Waals surface area contributed by atoms with Crippen LogP contribution in [-0.2, 0) is 11.3 Å². The van der Waals surface area contributed by atoms with Crippen molar-refractivity contribution >= 4 is 12.1 Å². The number of hydrogen-bond acceptors (Lipinski definition) is 4. The van der Waals surface area contributed by atoms with Crippen LogP contribution in [0, 0.1) is 5.92 Å². The number of ether oxygens (including phenoxy) is 1. The number of piperidine rings is 1. The molecule has 1 aliphatic carbocycles. The lowest BCUT2D eigenvalue weighted by Crippen LogP contribution is -2.52. The summed E-state index contributed by atoms with van der Waals surface area (Å²) in [6, 6.07) is 0.241. The van der Waals surface area contributed by atoms with Gasteiger partial charge in [-0.25, -0.2) is 9.78 Å². The molecule has 2 aliphatic rings. The molecule has 2 heterocycles. The van der Waals surface area contributed by atoms with Crippen molar-refractivity contribution in [1.82, 2.24) is 24.7 Å². The SMILES string of the molecule is CN=C(NCCn1ccnc1)N1CCC(N(CC2CC2)C(=O)OC(C)(C)C)CC1. The molecule has 1 amide bonds. The van der Waals surface area contributed by atoms with Crippen molar-refractivity contribution in [2.45, 2.75) is 64.6 Å². The van der Waals surface area contributed by atoms with Crippen LogP contribution >= 0.6 is 0 Å². The van der Waals surface area contributed by atoms with E-state index >= 15 is 0 Å². The van der Waals surface area contributed by atoms with Gasteiger partial charge in [-0.15, -0.1) is 0 Å². The summed E-state index contributed by atoms with van der Waals surface area (Å²) < 4.78 is 7.74. The summed E-state index contributed by atoms with van der Waals surface area (Å²) in [6.45, 7) is 10.1. The third-order valence-corrected chi connectivity index (χ3v) is 5.41. The number of nitrogens with zero attached hydrogens (tertiary/aromatic N) is 5. The first-order valence-corrected chi connectivity index (χ1v) is 10.8. The zero-order valence-electron chi connectivity index (χ0n) is 18.3. The zero-order chi connectivity index (χ0) is 20.9. The molecule has 1 aromatic heterocycles. The highest BCUT2D eigenvalue weighted by molar-refractivity contribution is 5.80. The highest BCUT2D eigenvalue weighted by Gasteiger charge is 2.35. The Kier molecular flexibility index (Phi) is 7.03. The average molecular weight is 405 g/mol. The summed E-state index contributed by atoms with van der Waals surface area (Å²) in [6.07, 6.45) is 9.74. The van der Waals surface area contributed by atoms with Gasteiger partial charge in [0.15, 0.2) is 5.96 Å². The Bertz CT molecular complexity index is 670. The normalized spacial score (nSPS) is 18.6. The first-order valence-electron chi connectivity index (χ1n) is 10.8. The molecule has 1 saturated heterocycles. The van der Waals surface area contributed by atoms with Gasteiger partial charge in [-0.2, -0.15) is 0 Å². The summed E-state index contributed by atoms with van der Waals surface area (Å²) in [5.74, 6) is 1.58. The maximum absolute atomic E-state index is 12.8. The number of carbonyl (C=O) groups is 1. The number of nitrogens with one attached hydrogen (secondary N) is 1. The molecule has 0 radical (unpaired) electrons. The van der Waals surface area contributed by atoms with E-state index in [1.807, 2.05) is 49.8 Å². The Morgan fingerprint density at radius 3 is 2.55 bits per heavy atom. The Morgan fingerprint density at radius 2 is 2.00 bits per heavy atom. The monoisotopic (exact) mass is 404 g/mol. The molecule has 0 aromatic carbocycles. The van der Waals surface area contributed by atoms with Crippen molar-refractivity contribution in [3.63, 3.8) is 0 Å². The minimum Gasteiger partial charge on any atom is -0.444 e. The van der Waals surface area contributed by atoms with E-state index in [1.165, 1.54) is 12.8 Å². The van der Waals surface area contributed by atoms with Gasteiger partial charge in [0, 0.05) is 58.2 Å². The topological polar surface area (TPSA) is 75.0 Å². The zero-order valence-corrected chi connectivity index (χ0v) is 18.3. The van der Waals surface area contributed by atoms with Crippen LogP contribution in [0.3, 0.4) is 0 Å². The van der Waals surface area contributed by atoms with E-state index in [2.05, 4.69) is 20.2 Å². The van der Waals surface area contributed by atoms with E-state index in [-0.39, 0.29) is 12.1 Å². The van der Waals surface area contributed by atoms with Crippen molar-refractivity contribution in [1.29, 1.82) is 0 Å². The third-order valence-electron chi connectivity index (χ3n) is 5.41. The van der Waals surface area contributed by atoms with Crippen LogP contribution in [0.4, 0.5) is 4.79 Å². The second kappa shape index (κ2) is 9.50. The molecule has 1 aliphatic heterocycles. The fourth-order valence-corrected chi connectivity index (χ4v) is 3.71. The van der Waals surface area contributed by atoms with Crippen LogP contribution in [-0.4, -0.2) is 76.3 Å². The molecule has 29 heavy (non-hydrogen) atoms. The van der Waals surface area contributed by atoms with E-state index in [4.69, 9.17) is 4.74 Å². The summed E-state index contributed by atoms with van der Waals surface area (Å²) in [5.41, 5.74) is -0.458. The average Bonchev–Trinajstić information content (AvgIpc) is 3.35.